The fourth-order valence-corrected chi connectivity index (χ4v) is 3.81. The van der Waals surface area contributed by atoms with Crippen LogP contribution >= 0.6 is 0 Å². The first-order valence-electron chi connectivity index (χ1n) is 10.5. The molecule has 34 heavy (non-hydrogen) atoms. The summed E-state index contributed by atoms with van der Waals surface area (Å²) in [6, 6.07) is 13.8. The summed E-state index contributed by atoms with van der Waals surface area (Å²) in [6.07, 6.45) is 1.60. The maximum Gasteiger partial charge on any atom is 0.343 e. The lowest BCUT2D eigenvalue weighted by molar-refractivity contribution is 0.0734. The summed E-state index contributed by atoms with van der Waals surface area (Å²) < 4.78 is 27.5. The maximum absolute atomic E-state index is 13.1. The van der Waals surface area contributed by atoms with Crippen LogP contribution in [0.15, 0.2) is 54.3 Å². The van der Waals surface area contributed by atoms with Gasteiger partial charge in [0, 0.05) is 6.07 Å². The van der Waals surface area contributed by atoms with Crippen molar-refractivity contribution in [1.29, 1.82) is 0 Å². The van der Waals surface area contributed by atoms with Crippen LogP contribution in [-0.4, -0.2) is 33.1 Å². The summed E-state index contributed by atoms with van der Waals surface area (Å²) >= 11 is 0. The monoisotopic (exact) mass is 460 g/mol. The molecule has 4 rings (SSSR count). The van der Waals surface area contributed by atoms with Crippen LogP contribution in [0.4, 0.5) is 0 Å². The van der Waals surface area contributed by atoms with E-state index >= 15 is 0 Å². The predicted octanol–water partition coefficient (Wildman–Crippen LogP) is 5.16. The summed E-state index contributed by atoms with van der Waals surface area (Å²) in [7, 11) is 4.55. The average molecular weight is 460 g/mol. The first-order valence-corrected chi connectivity index (χ1v) is 10.5. The fourth-order valence-electron chi connectivity index (χ4n) is 3.81. The van der Waals surface area contributed by atoms with Crippen molar-refractivity contribution in [3.05, 3.63) is 82.1 Å². The van der Waals surface area contributed by atoms with Crippen LogP contribution < -0.4 is 23.7 Å². The van der Waals surface area contributed by atoms with Crippen molar-refractivity contribution in [2.75, 3.05) is 21.3 Å². The first kappa shape index (κ1) is 22.9. The topological polar surface area (TPSA) is 80.3 Å². The molecule has 0 spiro atoms. The molecule has 1 aliphatic heterocycles. The minimum atomic E-state index is -0.486. The van der Waals surface area contributed by atoms with Gasteiger partial charge in [-0.2, -0.15) is 0 Å². The Morgan fingerprint density at radius 3 is 2.24 bits per heavy atom. The number of methoxy groups -OCH3 is 3. The minimum Gasteiger partial charge on any atom is -0.493 e. The molecular formula is C27H24O7. The van der Waals surface area contributed by atoms with E-state index in [0.717, 1.165) is 5.56 Å². The highest BCUT2D eigenvalue weighted by Crippen LogP contribution is 2.41. The number of aryl methyl sites for hydroxylation is 2. The van der Waals surface area contributed by atoms with Crippen molar-refractivity contribution >= 4 is 17.8 Å². The number of ketones is 1. The van der Waals surface area contributed by atoms with Crippen LogP contribution in [0.2, 0.25) is 0 Å². The molecule has 0 amide bonds. The molecule has 0 aliphatic carbocycles. The summed E-state index contributed by atoms with van der Waals surface area (Å²) in [5, 5.41) is 0. The minimum absolute atomic E-state index is 0.134. The van der Waals surface area contributed by atoms with E-state index in [1.165, 1.54) is 21.3 Å². The molecule has 0 saturated carbocycles. The van der Waals surface area contributed by atoms with Crippen LogP contribution in [0.1, 0.15) is 37.4 Å². The van der Waals surface area contributed by atoms with Crippen LogP contribution in [0, 0.1) is 13.8 Å². The number of carbonyl (C=O) groups excluding carboxylic acids is 2. The summed E-state index contributed by atoms with van der Waals surface area (Å²) in [4.78, 5) is 25.6. The highest BCUT2D eigenvalue weighted by Gasteiger charge is 2.30. The highest BCUT2D eigenvalue weighted by molar-refractivity contribution is 6.15. The van der Waals surface area contributed by atoms with Crippen molar-refractivity contribution in [3.8, 4) is 28.7 Å². The molecule has 0 radical (unpaired) electrons. The Morgan fingerprint density at radius 1 is 0.912 bits per heavy atom. The predicted molar refractivity (Wildman–Crippen MR) is 126 cm³/mol. The Bertz CT molecular complexity index is 1300. The van der Waals surface area contributed by atoms with E-state index in [1.807, 2.05) is 13.0 Å². The average Bonchev–Trinajstić information content (AvgIpc) is 3.13. The van der Waals surface area contributed by atoms with Crippen LogP contribution in [0.3, 0.4) is 0 Å². The third kappa shape index (κ3) is 4.32. The van der Waals surface area contributed by atoms with Gasteiger partial charge in [0.05, 0.1) is 32.5 Å². The fraction of sp³-hybridized carbons (Fsp3) is 0.185. The zero-order valence-corrected chi connectivity index (χ0v) is 19.6. The quantitative estimate of drug-likeness (QED) is 0.285. The molecule has 0 atom stereocenters. The first-order chi connectivity index (χ1) is 16.3. The Kier molecular flexibility index (Phi) is 6.27. The smallest absolute Gasteiger partial charge is 0.343 e. The van der Waals surface area contributed by atoms with Gasteiger partial charge in [-0.15, -0.1) is 0 Å². The number of hydrogen-bond acceptors (Lipinski definition) is 7. The number of hydrogen-bond donors (Lipinski definition) is 0. The Labute approximate surface area is 197 Å². The van der Waals surface area contributed by atoms with Crippen molar-refractivity contribution in [2.24, 2.45) is 0 Å². The molecule has 0 N–H and O–H groups in total. The molecule has 7 heteroatoms. The third-order valence-corrected chi connectivity index (χ3v) is 5.39. The Hall–Kier alpha value is -4.26. The van der Waals surface area contributed by atoms with E-state index < -0.39 is 5.97 Å². The molecule has 1 heterocycles. The SMILES string of the molecule is COc1cc(/C=C2\Oc3cc(OC(=O)c4cccc(C)c4)cc(C)c3C2=O)cc(OC)c1OC. The van der Waals surface area contributed by atoms with Crippen molar-refractivity contribution < 1.29 is 33.3 Å². The van der Waals surface area contributed by atoms with Crippen molar-refractivity contribution in [2.45, 2.75) is 13.8 Å². The van der Waals surface area contributed by atoms with Crippen molar-refractivity contribution in [1.82, 2.24) is 0 Å². The van der Waals surface area contributed by atoms with Gasteiger partial charge < -0.3 is 23.7 Å². The van der Waals surface area contributed by atoms with E-state index in [0.29, 0.717) is 51.0 Å². The van der Waals surface area contributed by atoms with Crippen LogP contribution in [0.5, 0.6) is 28.7 Å². The van der Waals surface area contributed by atoms with Gasteiger partial charge in [0.2, 0.25) is 11.5 Å². The second-order valence-corrected chi connectivity index (χ2v) is 7.77. The van der Waals surface area contributed by atoms with Crippen LogP contribution in [-0.2, 0) is 0 Å². The number of carbonyl (C=O) groups is 2. The molecule has 0 aromatic heterocycles. The van der Waals surface area contributed by atoms with E-state index in [-0.39, 0.29) is 11.5 Å². The third-order valence-electron chi connectivity index (χ3n) is 5.39. The van der Waals surface area contributed by atoms with Gasteiger partial charge in [-0.25, -0.2) is 4.79 Å². The number of rotatable bonds is 6. The van der Waals surface area contributed by atoms with Gasteiger partial charge in [0.15, 0.2) is 17.3 Å². The lowest BCUT2D eigenvalue weighted by atomic mass is 10.0. The zero-order chi connectivity index (χ0) is 24.4. The van der Waals surface area contributed by atoms with Gasteiger partial charge in [-0.05, 0) is 61.4 Å². The molecule has 3 aromatic carbocycles. The molecule has 0 bridgehead atoms. The molecule has 1 aliphatic rings. The molecule has 7 nitrogen and oxygen atoms in total. The molecule has 0 saturated heterocycles. The number of ether oxygens (including phenoxy) is 5. The lowest BCUT2D eigenvalue weighted by Gasteiger charge is -2.13. The molecule has 0 unspecified atom stereocenters. The second-order valence-electron chi connectivity index (χ2n) is 7.77. The molecule has 3 aromatic rings. The van der Waals surface area contributed by atoms with E-state index in [2.05, 4.69) is 0 Å². The summed E-state index contributed by atoms with van der Waals surface area (Å²) in [6.45, 7) is 3.67. The number of benzene rings is 3. The number of esters is 1. The van der Waals surface area contributed by atoms with Gasteiger partial charge in [-0.1, -0.05) is 17.7 Å². The summed E-state index contributed by atoms with van der Waals surface area (Å²) in [5.41, 5.74) is 3.10. The molecular weight excluding hydrogens is 436 g/mol. The molecule has 0 fully saturated rings. The largest absolute Gasteiger partial charge is 0.493 e. The van der Waals surface area contributed by atoms with Gasteiger partial charge >= 0.3 is 5.97 Å². The Balaban J connectivity index is 1.64. The normalized spacial score (nSPS) is 13.3. The van der Waals surface area contributed by atoms with Gasteiger partial charge in [0.25, 0.3) is 0 Å². The zero-order valence-electron chi connectivity index (χ0n) is 19.6. The second kappa shape index (κ2) is 9.31. The highest BCUT2D eigenvalue weighted by atomic mass is 16.5. The maximum atomic E-state index is 13.1. The van der Waals surface area contributed by atoms with E-state index in [9.17, 15) is 9.59 Å². The number of Topliss-reactive ketones (excluding diaryl/α,β-unsaturated/α-hetero) is 1. The van der Waals surface area contributed by atoms with E-state index in [4.69, 9.17) is 23.7 Å². The van der Waals surface area contributed by atoms with Gasteiger partial charge in [-0.3, -0.25) is 4.79 Å². The summed E-state index contributed by atoms with van der Waals surface area (Å²) in [5.74, 6) is 1.37. The van der Waals surface area contributed by atoms with Gasteiger partial charge in [0.1, 0.15) is 11.5 Å². The number of fused-ring (bicyclic) bond motifs is 1. The lowest BCUT2D eigenvalue weighted by Crippen LogP contribution is -2.09. The van der Waals surface area contributed by atoms with Crippen LogP contribution in [0.25, 0.3) is 6.08 Å². The van der Waals surface area contributed by atoms with Crippen molar-refractivity contribution in [3.63, 3.8) is 0 Å². The molecule has 174 valence electrons. The number of allylic oxidation sites excluding steroid dienone is 1. The standard InChI is InChI=1S/C27H24O7/c1-15-7-6-8-18(9-15)27(29)33-19-10-16(2)24-20(14-19)34-21(25(24)28)11-17-12-22(30-3)26(32-5)23(13-17)31-4/h6-14H,1-5H3/b21-11-. The Morgan fingerprint density at radius 2 is 1.62 bits per heavy atom. The van der Waals surface area contributed by atoms with E-state index in [1.54, 1.807) is 55.5 Å².